The highest BCUT2D eigenvalue weighted by atomic mass is 35.5. The van der Waals surface area contributed by atoms with Crippen LogP contribution in [0.4, 0.5) is 5.69 Å². The van der Waals surface area contributed by atoms with E-state index < -0.39 is 0 Å². The SMILES string of the molecule is Cc1cccc(C)c1NC(=O)CN1CCN(Cc2c(C)nn(-c3ccccc3)c2Cl)CC1. The van der Waals surface area contributed by atoms with Gasteiger partial charge in [-0.2, -0.15) is 5.10 Å². The summed E-state index contributed by atoms with van der Waals surface area (Å²) in [6.45, 7) is 10.7. The van der Waals surface area contributed by atoms with E-state index >= 15 is 0 Å². The van der Waals surface area contributed by atoms with Crippen molar-refractivity contribution in [3.8, 4) is 5.69 Å². The number of carbonyl (C=O) groups is 1. The van der Waals surface area contributed by atoms with Gasteiger partial charge in [-0.3, -0.25) is 14.6 Å². The van der Waals surface area contributed by atoms with E-state index in [1.807, 2.05) is 69.3 Å². The predicted octanol–water partition coefficient (Wildman–Crippen LogP) is 4.21. The van der Waals surface area contributed by atoms with Gasteiger partial charge in [0, 0.05) is 44.0 Å². The number of anilines is 1. The summed E-state index contributed by atoms with van der Waals surface area (Å²) in [6.07, 6.45) is 0. The summed E-state index contributed by atoms with van der Waals surface area (Å²) < 4.78 is 1.81. The molecule has 1 aliphatic heterocycles. The summed E-state index contributed by atoms with van der Waals surface area (Å²) in [5.41, 5.74) is 6.09. The van der Waals surface area contributed by atoms with Crippen LogP contribution in [0.5, 0.6) is 0 Å². The van der Waals surface area contributed by atoms with Crippen molar-refractivity contribution < 1.29 is 4.79 Å². The van der Waals surface area contributed by atoms with E-state index in [9.17, 15) is 4.79 Å². The van der Waals surface area contributed by atoms with E-state index in [1.165, 1.54) is 0 Å². The van der Waals surface area contributed by atoms with Gasteiger partial charge in [0.15, 0.2) is 0 Å². The highest BCUT2D eigenvalue weighted by molar-refractivity contribution is 6.30. The number of carbonyl (C=O) groups excluding carboxylic acids is 1. The molecular formula is C25H30ClN5O. The summed E-state index contributed by atoms with van der Waals surface area (Å²) in [6, 6.07) is 16.0. The molecule has 0 unspecified atom stereocenters. The van der Waals surface area contributed by atoms with Crippen molar-refractivity contribution in [3.05, 3.63) is 76.1 Å². The normalized spacial score (nSPS) is 15.1. The minimum absolute atomic E-state index is 0.0406. The lowest BCUT2D eigenvalue weighted by molar-refractivity contribution is -0.117. The van der Waals surface area contributed by atoms with Gasteiger partial charge in [-0.15, -0.1) is 0 Å². The molecule has 2 aromatic carbocycles. The number of nitrogens with zero attached hydrogens (tertiary/aromatic N) is 4. The number of aromatic nitrogens is 2. The molecule has 2 heterocycles. The zero-order valence-electron chi connectivity index (χ0n) is 18.9. The molecule has 0 spiro atoms. The molecule has 1 amide bonds. The lowest BCUT2D eigenvalue weighted by Crippen LogP contribution is -2.48. The Bertz CT molecular complexity index is 1070. The van der Waals surface area contributed by atoms with Crippen LogP contribution in [0, 0.1) is 20.8 Å². The Kier molecular flexibility index (Phi) is 6.94. The number of piperazine rings is 1. The average Bonchev–Trinajstić information content (AvgIpc) is 3.06. The summed E-state index contributed by atoms with van der Waals surface area (Å²) in [7, 11) is 0. The Morgan fingerprint density at radius 1 is 0.938 bits per heavy atom. The van der Waals surface area contributed by atoms with Crippen molar-refractivity contribution in [3.63, 3.8) is 0 Å². The second-order valence-corrected chi connectivity index (χ2v) is 8.83. The third-order valence-corrected chi connectivity index (χ3v) is 6.47. The van der Waals surface area contributed by atoms with E-state index in [2.05, 4.69) is 20.2 Å². The number of hydrogen-bond acceptors (Lipinski definition) is 4. The number of amides is 1. The van der Waals surface area contributed by atoms with Gasteiger partial charge in [0.25, 0.3) is 0 Å². The number of aryl methyl sites for hydroxylation is 3. The fraction of sp³-hybridized carbons (Fsp3) is 0.360. The Morgan fingerprint density at radius 2 is 1.56 bits per heavy atom. The van der Waals surface area contributed by atoms with Crippen molar-refractivity contribution in [2.45, 2.75) is 27.3 Å². The van der Waals surface area contributed by atoms with Crippen molar-refractivity contribution in [2.24, 2.45) is 0 Å². The van der Waals surface area contributed by atoms with Crippen LogP contribution in [0.1, 0.15) is 22.4 Å². The van der Waals surface area contributed by atoms with Gasteiger partial charge in [0.05, 0.1) is 17.9 Å². The van der Waals surface area contributed by atoms with Gasteiger partial charge < -0.3 is 5.32 Å². The summed E-state index contributed by atoms with van der Waals surface area (Å²) in [5.74, 6) is 0.0406. The molecule has 0 aliphatic carbocycles. The van der Waals surface area contributed by atoms with Gasteiger partial charge >= 0.3 is 0 Å². The van der Waals surface area contributed by atoms with Gasteiger partial charge in [0.2, 0.25) is 5.91 Å². The molecular weight excluding hydrogens is 422 g/mol. The molecule has 3 aromatic rings. The van der Waals surface area contributed by atoms with E-state index in [1.54, 1.807) is 4.68 Å². The van der Waals surface area contributed by atoms with E-state index in [0.717, 1.165) is 66.5 Å². The Labute approximate surface area is 194 Å². The van der Waals surface area contributed by atoms with Crippen LogP contribution in [-0.2, 0) is 11.3 Å². The minimum Gasteiger partial charge on any atom is -0.324 e. The first-order valence-corrected chi connectivity index (χ1v) is 11.4. The standard InChI is InChI=1S/C25H30ClN5O/c1-18-8-7-9-19(2)24(18)27-23(32)17-30-14-12-29(13-15-30)16-22-20(3)28-31(25(22)26)21-10-5-4-6-11-21/h4-11H,12-17H2,1-3H3,(H,27,32). The molecule has 1 fully saturated rings. The maximum atomic E-state index is 12.6. The molecule has 6 nitrogen and oxygen atoms in total. The molecule has 168 valence electrons. The number of halogens is 1. The molecule has 1 aromatic heterocycles. The summed E-state index contributed by atoms with van der Waals surface area (Å²) >= 11 is 6.69. The predicted molar refractivity (Wildman–Crippen MR) is 130 cm³/mol. The summed E-state index contributed by atoms with van der Waals surface area (Å²) in [4.78, 5) is 17.2. The largest absolute Gasteiger partial charge is 0.324 e. The molecule has 1 aliphatic rings. The quantitative estimate of drug-likeness (QED) is 0.610. The van der Waals surface area contributed by atoms with Gasteiger partial charge in [-0.05, 0) is 44.0 Å². The van der Waals surface area contributed by atoms with Crippen molar-refractivity contribution in [1.29, 1.82) is 0 Å². The first-order chi connectivity index (χ1) is 15.4. The zero-order chi connectivity index (χ0) is 22.7. The molecule has 7 heteroatoms. The maximum Gasteiger partial charge on any atom is 0.238 e. The molecule has 0 saturated carbocycles. The fourth-order valence-electron chi connectivity index (χ4n) is 4.17. The smallest absolute Gasteiger partial charge is 0.238 e. The van der Waals surface area contributed by atoms with Crippen LogP contribution in [0.25, 0.3) is 5.69 Å². The third kappa shape index (κ3) is 5.04. The fourth-order valence-corrected chi connectivity index (χ4v) is 4.51. The van der Waals surface area contributed by atoms with E-state index in [-0.39, 0.29) is 5.91 Å². The first-order valence-electron chi connectivity index (χ1n) is 11.0. The van der Waals surface area contributed by atoms with Gasteiger partial charge in [0.1, 0.15) is 5.15 Å². The van der Waals surface area contributed by atoms with Crippen LogP contribution in [-0.4, -0.2) is 58.2 Å². The minimum atomic E-state index is 0.0406. The second kappa shape index (κ2) is 9.86. The Balaban J connectivity index is 1.32. The van der Waals surface area contributed by atoms with Crippen molar-refractivity contribution in [1.82, 2.24) is 19.6 Å². The zero-order valence-corrected chi connectivity index (χ0v) is 19.7. The number of nitrogens with one attached hydrogen (secondary N) is 1. The van der Waals surface area contributed by atoms with Crippen LogP contribution in [0.15, 0.2) is 48.5 Å². The molecule has 4 rings (SSSR count). The molecule has 1 N–H and O–H groups in total. The maximum absolute atomic E-state index is 12.6. The van der Waals surface area contributed by atoms with E-state index in [4.69, 9.17) is 11.6 Å². The molecule has 0 bridgehead atoms. The van der Waals surface area contributed by atoms with Crippen LogP contribution >= 0.6 is 11.6 Å². The average molecular weight is 452 g/mol. The van der Waals surface area contributed by atoms with E-state index in [0.29, 0.717) is 11.7 Å². The van der Waals surface area contributed by atoms with Crippen LogP contribution in [0.3, 0.4) is 0 Å². The number of para-hydroxylation sites is 2. The second-order valence-electron chi connectivity index (χ2n) is 8.47. The molecule has 0 radical (unpaired) electrons. The Morgan fingerprint density at radius 3 is 2.22 bits per heavy atom. The monoisotopic (exact) mass is 451 g/mol. The highest BCUT2D eigenvalue weighted by Crippen LogP contribution is 2.25. The first kappa shape index (κ1) is 22.5. The lowest BCUT2D eigenvalue weighted by Gasteiger charge is -2.34. The van der Waals surface area contributed by atoms with Gasteiger partial charge in [-0.25, -0.2) is 4.68 Å². The molecule has 1 saturated heterocycles. The van der Waals surface area contributed by atoms with Gasteiger partial charge in [-0.1, -0.05) is 48.0 Å². The molecule has 32 heavy (non-hydrogen) atoms. The lowest BCUT2D eigenvalue weighted by atomic mass is 10.1. The van der Waals surface area contributed by atoms with Crippen molar-refractivity contribution in [2.75, 3.05) is 38.0 Å². The topological polar surface area (TPSA) is 53.4 Å². The number of hydrogen-bond donors (Lipinski definition) is 1. The van der Waals surface area contributed by atoms with Crippen LogP contribution < -0.4 is 5.32 Å². The van der Waals surface area contributed by atoms with Crippen molar-refractivity contribution >= 4 is 23.2 Å². The highest BCUT2D eigenvalue weighted by Gasteiger charge is 2.23. The molecule has 0 atom stereocenters. The number of rotatable bonds is 6. The van der Waals surface area contributed by atoms with Crippen LogP contribution in [0.2, 0.25) is 5.15 Å². The third-order valence-electron chi connectivity index (χ3n) is 6.08. The Hall–Kier alpha value is -2.67. The summed E-state index contributed by atoms with van der Waals surface area (Å²) in [5, 5.41) is 8.41. The number of benzene rings is 2.